The Morgan fingerprint density at radius 2 is 1.74 bits per heavy atom. The number of carbonyl (C=O) groups excluding carboxylic acids is 2. The third-order valence-electron chi connectivity index (χ3n) is 6.03. The molecule has 1 aliphatic heterocycles. The van der Waals surface area contributed by atoms with Crippen molar-refractivity contribution in [3.05, 3.63) is 92.9 Å². The predicted molar refractivity (Wildman–Crippen MR) is 141 cm³/mol. The number of halogens is 1. The average Bonchev–Trinajstić information content (AvgIpc) is 3.25. The van der Waals surface area contributed by atoms with Gasteiger partial charge in [0.15, 0.2) is 0 Å². The Bertz CT molecular complexity index is 1370. The second-order valence-electron chi connectivity index (χ2n) is 8.22. The van der Waals surface area contributed by atoms with Crippen LogP contribution in [0.3, 0.4) is 0 Å². The number of aromatic nitrogens is 1. The number of carbonyl (C=O) groups is 2. The Balaban J connectivity index is 1.80. The van der Waals surface area contributed by atoms with Crippen LogP contribution in [-0.2, 0) is 14.3 Å². The molecule has 0 atom stereocenters. The highest BCUT2D eigenvalue weighted by Gasteiger charge is 2.38. The second-order valence-corrected chi connectivity index (χ2v) is 9.13. The maximum absolute atomic E-state index is 13.6. The number of hydrogen-bond acceptors (Lipinski definition) is 4. The van der Waals surface area contributed by atoms with Gasteiger partial charge in [0.05, 0.1) is 24.9 Å². The first-order valence-electron chi connectivity index (χ1n) is 11.3. The molecule has 2 aromatic carbocycles. The van der Waals surface area contributed by atoms with E-state index in [4.69, 9.17) is 9.47 Å². The van der Waals surface area contributed by atoms with E-state index in [1.807, 2.05) is 75.4 Å². The molecule has 0 aliphatic carbocycles. The molecule has 7 heteroatoms. The van der Waals surface area contributed by atoms with E-state index in [9.17, 15) is 9.59 Å². The summed E-state index contributed by atoms with van der Waals surface area (Å²) in [5, 5.41) is 0. The number of allylic oxidation sites excluding steroid dienone is 1. The van der Waals surface area contributed by atoms with Crippen molar-refractivity contribution in [2.45, 2.75) is 27.7 Å². The van der Waals surface area contributed by atoms with Gasteiger partial charge in [-0.3, -0.25) is 9.69 Å². The van der Waals surface area contributed by atoms with Crippen LogP contribution in [-0.4, -0.2) is 30.2 Å². The molecule has 3 aromatic rings. The van der Waals surface area contributed by atoms with Gasteiger partial charge in [0.2, 0.25) is 0 Å². The van der Waals surface area contributed by atoms with Crippen LogP contribution in [0.2, 0.25) is 0 Å². The van der Waals surface area contributed by atoms with E-state index in [2.05, 4.69) is 20.5 Å². The lowest BCUT2D eigenvalue weighted by atomic mass is 10.0. The van der Waals surface area contributed by atoms with Crippen LogP contribution < -0.4 is 9.64 Å². The van der Waals surface area contributed by atoms with Crippen LogP contribution in [0.5, 0.6) is 5.75 Å². The molecule has 0 saturated carbocycles. The van der Waals surface area contributed by atoms with Gasteiger partial charge >= 0.3 is 5.97 Å². The number of aryl methyl sites for hydroxylation is 1. The van der Waals surface area contributed by atoms with Crippen molar-refractivity contribution >= 4 is 39.6 Å². The number of methoxy groups -OCH3 is 1. The zero-order valence-corrected chi connectivity index (χ0v) is 22.0. The predicted octanol–water partition coefficient (Wildman–Crippen LogP) is 6.13. The highest BCUT2D eigenvalue weighted by Crippen LogP contribution is 2.37. The summed E-state index contributed by atoms with van der Waals surface area (Å²) in [6.07, 6.45) is 1.78. The molecule has 1 aromatic heterocycles. The highest BCUT2D eigenvalue weighted by molar-refractivity contribution is 9.10. The fourth-order valence-electron chi connectivity index (χ4n) is 4.45. The van der Waals surface area contributed by atoms with E-state index < -0.39 is 5.97 Å². The molecular weight excluding hydrogens is 508 g/mol. The number of anilines is 1. The summed E-state index contributed by atoms with van der Waals surface area (Å²) in [7, 11) is 1.32. The van der Waals surface area contributed by atoms with Gasteiger partial charge in [-0.25, -0.2) is 4.79 Å². The lowest BCUT2D eigenvalue weighted by Gasteiger charge is -2.18. The molecule has 2 heterocycles. The quantitative estimate of drug-likeness (QED) is 0.281. The summed E-state index contributed by atoms with van der Waals surface area (Å²) in [4.78, 5) is 28.0. The third-order valence-corrected chi connectivity index (χ3v) is 6.53. The minimum absolute atomic E-state index is 0.263. The maximum Gasteiger partial charge on any atom is 0.340 e. The van der Waals surface area contributed by atoms with Crippen LogP contribution in [0.4, 0.5) is 5.69 Å². The van der Waals surface area contributed by atoms with Crippen LogP contribution in [0.1, 0.15) is 30.8 Å². The van der Waals surface area contributed by atoms with E-state index >= 15 is 0 Å². The number of rotatable bonds is 6. The molecule has 0 saturated heterocycles. The number of benzene rings is 2. The number of hydrogen-bond donors (Lipinski definition) is 0. The molecule has 180 valence electrons. The molecule has 0 N–H and O–H groups in total. The largest absolute Gasteiger partial charge is 0.494 e. The van der Waals surface area contributed by atoms with Crippen LogP contribution in [0.15, 0.2) is 75.9 Å². The first-order valence-corrected chi connectivity index (χ1v) is 12.1. The van der Waals surface area contributed by atoms with Crippen LogP contribution >= 0.6 is 15.9 Å². The van der Waals surface area contributed by atoms with E-state index in [0.717, 1.165) is 27.1 Å². The highest BCUT2D eigenvalue weighted by atomic mass is 79.9. The zero-order chi connectivity index (χ0) is 25.3. The minimum Gasteiger partial charge on any atom is -0.494 e. The van der Waals surface area contributed by atoms with Crippen LogP contribution in [0, 0.1) is 13.8 Å². The molecule has 0 radical (unpaired) electrons. The van der Waals surface area contributed by atoms with Gasteiger partial charge in [0.25, 0.3) is 5.91 Å². The number of amides is 1. The monoisotopic (exact) mass is 534 g/mol. The van der Waals surface area contributed by atoms with Gasteiger partial charge in [-0.15, -0.1) is 0 Å². The number of nitrogens with zero attached hydrogens (tertiary/aromatic N) is 2. The molecule has 4 rings (SSSR count). The molecule has 1 amide bonds. The van der Waals surface area contributed by atoms with Crippen molar-refractivity contribution in [1.82, 2.24) is 4.57 Å². The van der Waals surface area contributed by atoms with Crippen molar-refractivity contribution in [3.8, 4) is 11.4 Å². The van der Waals surface area contributed by atoms with E-state index in [1.54, 1.807) is 17.9 Å². The maximum atomic E-state index is 13.6. The molecular formula is C28H27BrN2O4. The first-order chi connectivity index (χ1) is 16.8. The first kappa shape index (κ1) is 24.5. The summed E-state index contributed by atoms with van der Waals surface area (Å²) in [5.74, 6) is -0.107. The van der Waals surface area contributed by atoms with Crippen molar-refractivity contribution in [3.63, 3.8) is 0 Å². The van der Waals surface area contributed by atoms with Gasteiger partial charge in [-0.2, -0.15) is 0 Å². The Morgan fingerprint density at radius 3 is 2.37 bits per heavy atom. The SMILES string of the molecule is CCOc1ccc(N2C(=O)/C(=C\c3cc(C)n(-c4cccc(Br)c4)c3C)C(C(=O)OC)=C2C)cc1. The number of esters is 1. The fourth-order valence-corrected chi connectivity index (χ4v) is 4.84. The molecule has 1 aliphatic rings. The zero-order valence-electron chi connectivity index (χ0n) is 20.4. The Morgan fingerprint density at radius 1 is 1.03 bits per heavy atom. The topological polar surface area (TPSA) is 60.8 Å². The summed E-state index contributed by atoms with van der Waals surface area (Å²) in [6, 6.07) is 17.3. The minimum atomic E-state index is -0.545. The van der Waals surface area contributed by atoms with Crippen molar-refractivity contribution in [2.75, 3.05) is 18.6 Å². The molecule has 0 fully saturated rings. The summed E-state index contributed by atoms with van der Waals surface area (Å²) >= 11 is 3.53. The van der Waals surface area contributed by atoms with Gasteiger partial charge in [-0.1, -0.05) is 22.0 Å². The average molecular weight is 535 g/mol. The van der Waals surface area contributed by atoms with Gasteiger partial charge < -0.3 is 14.0 Å². The molecule has 0 bridgehead atoms. The fraction of sp³-hybridized carbons (Fsp3) is 0.214. The van der Waals surface area contributed by atoms with Crippen molar-refractivity contribution < 1.29 is 19.1 Å². The smallest absolute Gasteiger partial charge is 0.340 e. The molecule has 6 nitrogen and oxygen atoms in total. The van der Waals surface area contributed by atoms with E-state index in [1.165, 1.54) is 7.11 Å². The molecule has 35 heavy (non-hydrogen) atoms. The summed E-state index contributed by atoms with van der Waals surface area (Å²) in [6.45, 7) is 8.24. The van der Waals surface area contributed by atoms with Gasteiger partial charge in [0, 0.05) is 32.9 Å². The third kappa shape index (κ3) is 4.56. The normalized spacial score (nSPS) is 14.7. The van der Waals surface area contributed by atoms with Gasteiger partial charge in [0.1, 0.15) is 5.75 Å². The van der Waals surface area contributed by atoms with Crippen molar-refractivity contribution in [2.24, 2.45) is 0 Å². The van der Waals surface area contributed by atoms with E-state index in [-0.39, 0.29) is 11.5 Å². The Labute approximate surface area is 213 Å². The van der Waals surface area contributed by atoms with Crippen molar-refractivity contribution in [1.29, 1.82) is 0 Å². The Hall–Kier alpha value is -3.58. The van der Waals surface area contributed by atoms with Crippen LogP contribution in [0.25, 0.3) is 11.8 Å². The second kappa shape index (κ2) is 9.96. The van der Waals surface area contributed by atoms with E-state index in [0.29, 0.717) is 29.3 Å². The standard InChI is InChI=1S/C28H27BrN2O4/c1-6-35-24-12-10-22(11-13-24)31-19(4)26(28(33)34-5)25(27(31)32)15-20-14-17(2)30(18(20)3)23-9-7-8-21(29)16-23/h7-16H,6H2,1-5H3/b25-15-. The molecule has 0 unspecified atom stereocenters. The Kier molecular flexibility index (Phi) is 6.98. The van der Waals surface area contributed by atoms with Gasteiger partial charge in [-0.05, 0) is 87.9 Å². The summed E-state index contributed by atoms with van der Waals surface area (Å²) < 4.78 is 13.7. The number of ether oxygens (including phenoxy) is 2. The molecule has 0 spiro atoms. The summed E-state index contributed by atoms with van der Waals surface area (Å²) in [5.41, 5.74) is 5.58. The lowest BCUT2D eigenvalue weighted by molar-refractivity contribution is -0.136. The lowest BCUT2D eigenvalue weighted by Crippen LogP contribution is -2.24.